The summed E-state index contributed by atoms with van der Waals surface area (Å²) in [5, 5.41) is 0. The van der Waals surface area contributed by atoms with Crippen LogP contribution >= 0.6 is 0 Å². The van der Waals surface area contributed by atoms with Crippen molar-refractivity contribution in [3.63, 3.8) is 0 Å². The number of hydrogen-bond donors (Lipinski definition) is 0. The standard InChI is InChI=1S/C13H20O4S/c1-3-9-16-13-8-6-5-7-12(13)11-18(14,15)17-10-4-2/h5-8H,3-4,9-11H2,1-2H3. The third-order valence-corrected chi connectivity index (χ3v) is 3.42. The lowest BCUT2D eigenvalue weighted by molar-refractivity contribution is 0.309. The van der Waals surface area contributed by atoms with Gasteiger partial charge in [-0.3, -0.25) is 4.18 Å². The lowest BCUT2D eigenvalue weighted by Gasteiger charge is -2.11. The van der Waals surface area contributed by atoms with Crippen molar-refractivity contribution in [2.24, 2.45) is 0 Å². The van der Waals surface area contributed by atoms with Crippen LogP contribution in [0.2, 0.25) is 0 Å². The van der Waals surface area contributed by atoms with Crippen molar-refractivity contribution in [1.29, 1.82) is 0 Å². The fourth-order valence-electron chi connectivity index (χ4n) is 1.42. The molecule has 0 saturated carbocycles. The molecule has 0 saturated heterocycles. The molecule has 18 heavy (non-hydrogen) atoms. The Bertz CT molecular complexity index is 454. The van der Waals surface area contributed by atoms with Gasteiger partial charge in [-0.25, -0.2) is 0 Å². The summed E-state index contributed by atoms with van der Waals surface area (Å²) in [6.07, 6.45) is 1.56. The summed E-state index contributed by atoms with van der Waals surface area (Å²) < 4.78 is 33.8. The molecule has 1 rings (SSSR count). The van der Waals surface area contributed by atoms with E-state index in [4.69, 9.17) is 8.92 Å². The van der Waals surface area contributed by atoms with Gasteiger partial charge in [-0.05, 0) is 18.9 Å². The van der Waals surface area contributed by atoms with Crippen LogP contribution < -0.4 is 4.74 Å². The predicted octanol–water partition coefficient (Wildman–Crippen LogP) is 2.73. The van der Waals surface area contributed by atoms with Crippen molar-refractivity contribution in [1.82, 2.24) is 0 Å². The van der Waals surface area contributed by atoms with Gasteiger partial charge in [0.1, 0.15) is 11.5 Å². The minimum atomic E-state index is -3.52. The molecule has 0 N–H and O–H groups in total. The summed E-state index contributed by atoms with van der Waals surface area (Å²) in [6.45, 7) is 4.67. The van der Waals surface area contributed by atoms with E-state index in [0.717, 1.165) is 6.42 Å². The first kappa shape index (κ1) is 15.0. The van der Waals surface area contributed by atoms with Gasteiger partial charge in [0.2, 0.25) is 0 Å². The Balaban J connectivity index is 2.77. The Morgan fingerprint density at radius 3 is 2.39 bits per heavy atom. The van der Waals surface area contributed by atoms with Crippen LogP contribution in [0.25, 0.3) is 0 Å². The van der Waals surface area contributed by atoms with Crippen LogP contribution in [0.15, 0.2) is 24.3 Å². The molecule has 0 aliphatic rings. The van der Waals surface area contributed by atoms with E-state index in [1.165, 1.54) is 0 Å². The van der Waals surface area contributed by atoms with Crippen LogP contribution in [-0.4, -0.2) is 21.6 Å². The minimum absolute atomic E-state index is 0.146. The fourth-order valence-corrected chi connectivity index (χ4v) is 2.54. The molecule has 102 valence electrons. The van der Waals surface area contributed by atoms with Gasteiger partial charge in [0.05, 0.1) is 13.2 Å². The zero-order valence-electron chi connectivity index (χ0n) is 10.9. The van der Waals surface area contributed by atoms with Crippen LogP contribution in [0, 0.1) is 0 Å². The molecule has 0 radical (unpaired) electrons. The minimum Gasteiger partial charge on any atom is -0.493 e. The maximum absolute atomic E-state index is 11.7. The molecular weight excluding hydrogens is 252 g/mol. The van der Waals surface area contributed by atoms with Gasteiger partial charge in [-0.15, -0.1) is 0 Å². The van der Waals surface area contributed by atoms with Crippen LogP contribution in [0.3, 0.4) is 0 Å². The molecule has 0 amide bonds. The van der Waals surface area contributed by atoms with Crippen LogP contribution in [-0.2, 0) is 20.1 Å². The van der Waals surface area contributed by atoms with Gasteiger partial charge in [0.15, 0.2) is 0 Å². The number of para-hydroxylation sites is 1. The molecule has 0 bridgehead atoms. The second-order valence-corrected chi connectivity index (χ2v) is 5.62. The van der Waals surface area contributed by atoms with E-state index in [1.54, 1.807) is 18.2 Å². The van der Waals surface area contributed by atoms with Gasteiger partial charge in [0.25, 0.3) is 10.1 Å². The van der Waals surface area contributed by atoms with Gasteiger partial charge in [0, 0.05) is 5.56 Å². The van der Waals surface area contributed by atoms with Crippen LogP contribution in [0.1, 0.15) is 32.3 Å². The highest BCUT2D eigenvalue weighted by atomic mass is 32.2. The van der Waals surface area contributed by atoms with Gasteiger partial charge in [-0.1, -0.05) is 32.0 Å². The molecule has 0 aliphatic carbocycles. The molecule has 0 aliphatic heterocycles. The Morgan fingerprint density at radius 2 is 1.72 bits per heavy atom. The smallest absolute Gasteiger partial charge is 0.271 e. The summed E-state index contributed by atoms with van der Waals surface area (Å²) in [7, 11) is -3.52. The van der Waals surface area contributed by atoms with Crippen molar-refractivity contribution in [2.75, 3.05) is 13.2 Å². The number of benzene rings is 1. The van der Waals surface area contributed by atoms with Crippen molar-refractivity contribution in [3.05, 3.63) is 29.8 Å². The SMILES string of the molecule is CCCOc1ccccc1CS(=O)(=O)OCCC. The van der Waals surface area contributed by atoms with Gasteiger partial charge >= 0.3 is 0 Å². The Kier molecular flexibility index (Phi) is 6.15. The van der Waals surface area contributed by atoms with E-state index in [9.17, 15) is 8.42 Å². The molecule has 1 aromatic carbocycles. The quantitative estimate of drug-likeness (QED) is 0.683. The molecule has 0 unspecified atom stereocenters. The normalized spacial score (nSPS) is 11.4. The van der Waals surface area contributed by atoms with Crippen molar-refractivity contribution < 1.29 is 17.3 Å². The van der Waals surface area contributed by atoms with Crippen molar-refractivity contribution in [2.45, 2.75) is 32.4 Å². The Morgan fingerprint density at radius 1 is 1.06 bits per heavy atom. The zero-order valence-corrected chi connectivity index (χ0v) is 11.7. The maximum atomic E-state index is 11.7. The summed E-state index contributed by atoms with van der Waals surface area (Å²) in [5.74, 6) is 0.468. The molecule has 0 atom stereocenters. The molecule has 5 heteroatoms. The topological polar surface area (TPSA) is 52.6 Å². The maximum Gasteiger partial charge on any atom is 0.271 e. The van der Waals surface area contributed by atoms with Crippen molar-refractivity contribution >= 4 is 10.1 Å². The Labute approximate surface area is 109 Å². The first-order valence-electron chi connectivity index (χ1n) is 6.17. The summed E-state index contributed by atoms with van der Waals surface area (Å²) >= 11 is 0. The second kappa shape index (κ2) is 7.38. The van der Waals surface area contributed by atoms with Gasteiger partial charge in [-0.2, -0.15) is 8.42 Å². The molecule has 0 fully saturated rings. The van der Waals surface area contributed by atoms with Crippen LogP contribution in [0.4, 0.5) is 0 Å². The van der Waals surface area contributed by atoms with E-state index < -0.39 is 10.1 Å². The largest absolute Gasteiger partial charge is 0.493 e. The molecule has 4 nitrogen and oxygen atoms in total. The monoisotopic (exact) mass is 272 g/mol. The molecule has 0 heterocycles. The van der Waals surface area contributed by atoms with E-state index in [-0.39, 0.29) is 12.4 Å². The Hall–Kier alpha value is -1.07. The highest BCUT2D eigenvalue weighted by molar-refractivity contribution is 7.85. The highest BCUT2D eigenvalue weighted by Gasteiger charge is 2.15. The number of hydrogen-bond acceptors (Lipinski definition) is 4. The third-order valence-electron chi connectivity index (χ3n) is 2.23. The molecular formula is C13H20O4S. The van der Waals surface area contributed by atoms with Crippen LogP contribution in [0.5, 0.6) is 5.75 Å². The van der Waals surface area contributed by atoms with Gasteiger partial charge < -0.3 is 4.74 Å². The van der Waals surface area contributed by atoms with E-state index in [1.807, 2.05) is 19.9 Å². The number of rotatable bonds is 8. The lowest BCUT2D eigenvalue weighted by Crippen LogP contribution is -2.10. The lowest BCUT2D eigenvalue weighted by atomic mass is 10.2. The van der Waals surface area contributed by atoms with Crippen molar-refractivity contribution in [3.8, 4) is 5.75 Å². The first-order chi connectivity index (χ1) is 8.59. The number of ether oxygens (including phenoxy) is 1. The first-order valence-corrected chi connectivity index (χ1v) is 7.74. The molecule has 0 spiro atoms. The second-order valence-electron chi connectivity index (χ2n) is 3.98. The van der Waals surface area contributed by atoms with E-state index in [2.05, 4.69) is 0 Å². The van der Waals surface area contributed by atoms with E-state index in [0.29, 0.717) is 24.3 Å². The third kappa shape index (κ3) is 5.06. The van der Waals surface area contributed by atoms with E-state index >= 15 is 0 Å². The summed E-state index contributed by atoms with van der Waals surface area (Å²) in [4.78, 5) is 0. The average molecular weight is 272 g/mol. The fraction of sp³-hybridized carbons (Fsp3) is 0.538. The molecule has 0 aromatic heterocycles. The highest BCUT2D eigenvalue weighted by Crippen LogP contribution is 2.21. The zero-order chi connectivity index (χ0) is 13.4. The predicted molar refractivity (Wildman–Crippen MR) is 71.1 cm³/mol. The summed E-state index contributed by atoms with van der Waals surface area (Å²) in [5.41, 5.74) is 0.641. The summed E-state index contributed by atoms with van der Waals surface area (Å²) in [6, 6.07) is 7.15. The average Bonchev–Trinajstić information content (AvgIpc) is 2.35. The molecule has 1 aromatic rings.